The topological polar surface area (TPSA) is 40.5 Å². The Morgan fingerprint density at radius 3 is 2.50 bits per heavy atom. The highest BCUT2D eigenvalue weighted by atomic mass is 79.9. The number of carbonyl (C=O) groups is 1. The highest BCUT2D eigenvalue weighted by molar-refractivity contribution is 9.10. The van der Waals surface area contributed by atoms with Crippen molar-refractivity contribution in [3.8, 4) is 0 Å². The second kappa shape index (κ2) is 6.55. The molecular weight excluding hydrogens is 318 g/mol. The van der Waals surface area contributed by atoms with Gasteiger partial charge >= 0.3 is 5.97 Å². The summed E-state index contributed by atoms with van der Waals surface area (Å²) in [5.74, 6) is -0.830. The third kappa shape index (κ3) is 3.97. The van der Waals surface area contributed by atoms with Gasteiger partial charge in [-0.15, -0.1) is 0 Å². The fourth-order valence-electron chi connectivity index (χ4n) is 1.94. The van der Waals surface area contributed by atoms with Gasteiger partial charge in [0.05, 0.1) is 6.54 Å². The molecule has 0 heterocycles. The van der Waals surface area contributed by atoms with E-state index in [2.05, 4.69) is 15.9 Å². The zero-order valence-corrected chi connectivity index (χ0v) is 13.0. The predicted molar refractivity (Wildman–Crippen MR) is 77.0 cm³/mol. The molecule has 0 fully saturated rings. The van der Waals surface area contributed by atoms with E-state index in [1.807, 2.05) is 43.9 Å². The first-order valence-electron chi connectivity index (χ1n) is 5.75. The van der Waals surface area contributed by atoms with E-state index in [0.717, 1.165) is 10.0 Å². The lowest BCUT2D eigenvalue weighted by atomic mass is 10.1. The number of rotatable bonds is 5. The molecule has 5 heteroatoms. The highest BCUT2D eigenvalue weighted by Gasteiger charge is 2.22. The van der Waals surface area contributed by atoms with Crippen LogP contribution < -0.4 is 0 Å². The van der Waals surface area contributed by atoms with Gasteiger partial charge < -0.3 is 5.11 Å². The monoisotopic (exact) mass is 333 g/mol. The van der Waals surface area contributed by atoms with E-state index in [1.54, 1.807) is 0 Å². The first-order chi connectivity index (χ1) is 8.32. The van der Waals surface area contributed by atoms with Gasteiger partial charge in [-0.1, -0.05) is 33.6 Å². The van der Waals surface area contributed by atoms with Crippen molar-refractivity contribution >= 4 is 33.5 Å². The molecule has 18 heavy (non-hydrogen) atoms. The molecule has 0 saturated carbocycles. The molecule has 1 aromatic rings. The van der Waals surface area contributed by atoms with Gasteiger partial charge in [0.15, 0.2) is 0 Å². The van der Waals surface area contributed by atoms with Crippen LogP contribution >= 0.6 is 27.5 Å². The molecule has 1 atom stereocenters. The molecule has 0 aliphatic carbocycles. The first kappa shape index (κ1) is 15.5. The molecule has 1 aromatic carbocycles. The van der Waals surface area contributed by atoms with Crippen LogP contribution in [0.5, 0.6) is 0 Å². The van der Waals surface area contributed by atoms with Crippen LogP contribution in [0, 0.1) is 0 Å². The van der Waals surface area contributed by atoms with E-state index in [9.17, 15) is 4.79 Å². The maximum Gasteiger partial charge on any atom is 0.317 e. The summed E-state index contributed by atoms with van der Waals surface area (Å²) < 4.78 is 0.915. The largest absolute Gasteiger partial charge is 0.480 e. The summed E-state index contributed by atoms with van der Waals surface area (Å²) in [6.45, 7) is 5.93. The molecule has 1 N–H and O–H groups in total. The van der Waals surface area contributed by atoms with Crippen molar-refractivity contribution in [3.05, 3.63) is 33.3 Å². The molecule has 3 nitrogen and oxygen atoms in total. The van der Waals surface area contributed by atoms with Crippen LogP contribution in [0.25, 0.3) is 0 Å². The molecule has 0 bridgehead atoms. The number of aliphatic carboxylic acids is 1. The zero-order valence-electron chi connectivity index (χ0n) is 10.7. The number of benzene rings is 1. The van der Waals surface area contributed by atoms with Crippen molar-refractivity contribution in [2.75, 3.05) is 6.54 Å². The predicted octanol–water partition coefficient (Wildman–Crippen LogP) is 3.96. The fourth-order valence-corrected chi connectivity index (χ4v) is 2.77. The number of halogens is 2. The Hall–Kier alpha value is -0.580. The molecule has 0 aromatic heterocycles. The minimum absolute atomic E-state index is 0.00518. The van der Waals surface area contributed by atoms with E-state index < -0.39 is 5.97 Å². The number of carboxylic acid groups (broad SMARTS) is 1. The van der Waals surface area contributed by atoms with Gasteiger partial charge in [-0.3, -0.25) is 9.69 Å². The van der Waals surface area contributed by atoms with Crippen molar-refractivity contribution in [2.45, 2.75) is 32.9 Å². The molecule has 0 spiro atoms. The Labute approximate surface area is 121 Å². The molecular formula is C13H17BrClNO2. The smallest absolute Gasteiger partial charge is 0.317 e. The van der Waals surface area contributed by atoms with Crippen molar-refractivity contribution in [2.24, 2.45) is 0 Å². The maximum absolute atomic E-state index is 10.9. The summed E-state index contributed by atoms with van der Waals surface area (Å²) in [7, 11) is 0. The normalized spacial score (nSPS) is 13.1. The molecule has 0 amide bonds. The summed E-state index contributed by atoms with van der Waals surface area (Å²) in [5.41, 5.74) is 0.940. The van der Waals surface area contributed by atoms with Crippen LogP contribution in [0.3, 0.4) is 0 Å². The molecule has 0 saturated heterocycles. The Bertz CT molecular complexity index is 437. The van der Waals surface area contributed by atoms with Gasteiger partial charge in [-0.25, -0.2) is 0 Å². The van der Waals surface area contributed by atoms with Gasteiger partial charge in [-0.05, 0) is 38.5 Å². The summed E-state index contributed by atoms with van der Waals surface area (Å²) in [4.78, 5) is 12.8. The zero-order chi connectivity index (χ0) is 13.9. The van der Waals surface area contributed by atoms with E-state index in [-0.39, 0.29) is 18.6 Å². The van der Waals surface area contributed by atoms with E-state index in [1.165, 1.54) is 0 Å². The molecule has 1 rings (SSSR count). The highest BCUT2D eigenvalue weighted by Crippen LogP contribution is 2.30. The molecule has 100 valence electrons. The summed E-state index contributed by atoms with van der Waals surface area (Å²) >= 11 is 9.57. The average Bonchev–Trinajstić information content (AvgIpc) is 2.24. The number of nitrogens with zero attached hydrogens (tertiary/aromatic N) is 1. The molecule has 1 unspecified atom stereocenters. The number of carboxylic acids is 1. The third-order valence-electron chi connectivity index (χ3n) is 2.89. The summed E-state index contributed by atoms with van der Waals surface area (Å²) in [6, 6.07) is 5.76. The van der Waals surface area contributed by atoms with E-state index in [0.29, 0.717) is 5.02 Å². The van der Waals surface area contributed by atoms with Crippen LogP contribution in [0.15, 0.2) is 22.7 Å². The average molecular weight is 335 g/mol. The van der Waals surface area contributed by atoms with Crippen molar-refractivity contribution in [1.82, 2.24) is 4.90 Å². The second-order valence-corrected chi connectivity index (χ2v) is 5.82. The Morgan fingerprint density at radius 2 is 2.06 bits per heavy atom. The Balaban J connectivity index is 3.01. The lowest BCUT2D eigenvalue weighted by Gasteiger charge is -2.32. The quantitative estimate of drug-likeness (QED) is 0.886. The minimum Gasteiger partial charge on any atom is -0.480 e. The number of hydrogen-bond acceptors (Lipinski definition) is 2. The minimum atomic E-state index is -0.830. The number of hydrogen-bond donors (Lipinski definition) is 1. The second-order valence-electron chi connectivity index (χ2n) is 4.50. The van der Waals surface area contributed by atoms with Crippen molar-refractivity contribution in [1.29, 1.82) is 0 Å². The SMILES string of the molecule is CC(C)N(CC(=O)O)C(C)c1ccc(Br)cc1Cl. The van der Waals surface area contributed by atoms with Crippen LogP contribution in [0.4, 0.5) is 0 Å². The van der Waals surface area contributed by atoms with Crippen molar-refractivity contribution < 1.29 is 9.90 Å². The van der Waals surface area contributed by atoms with Crippen LogP contribution in [0.2, 0.25) is 5.02 Å². The van der Waals surface area contributed by atoms with E-state index in [4.69, 9.17) is 16.7 Å². The third-order valence-corrected chi connectivity index (χ3v) is 3.71. The molecule has 0 radical (unpaired) electrons. The molecule has 0 aliphatic rings. The Kier molecular flexibility index (Phi) is 5.63. The lowest BCUT2D eigenvalue weighted by Crippen LogP contribution is -2.37. The van der Waals surface area contributed by atoms with Gasteiger partial charge in [0.25, 0.3) is 0 Å². The van der Waals surface area contributed by atoms with Crippen LogP contribution in [-0.2, 0) is 4.79 Å². The first-order valence-corrected chi connectivity index (χ1v) is 6.92. The molecule has 0 aliphatic heterocycles. The van der Waals surface area contributed by atoms with Gasteiger partial charge in [0, 0.05) is 21.6 Å². The Morgan fingerprint density at radius 1 is 1.44 bits per heavy atom. The van der Waals surface area contributed by atoms with Gasteiger partial charge in [-0.2, -0.15) is 0 Å². The standard InChI is InChI=1S/C13H17BrClNO2/c1-8(2)16(7-13(17)18)9(3)11-5-4-10(14)6-12(11)15/h4-6,8-9H,7H2,1-3H3,(H,17,18). The van der Waals surface area contributed by atoms with Crippen LogP contribution in [-0.4, -0.2) is 28.6 Å². The fraction of sp³-hybridized carbons (Fsp3) is 0.462. The van der Waals surface area contributed by atoms with Crippen LogP contribution in [0.1, 0.15) is 32.4 Å². The summed E-state index contributed by atoms with van der Waals surface area (Å²) in [5, 5.41) is 9.61. The van der Waals surface area contributed by atoms with Gasteiger partial charge in [0.2, 0.25) is 0 Å². The van der Waals surface area contributed by atoms with Crippen molar-refractivity contribution in [3.63, 3.8) is 0 Å². The van der Waals surface area contributed by atoms with Gasteiger partial charge in [0.1, 0.15) is 0 Å². The van der Waals surface area contributed by atoms with E-state index >= 15 is 0 Å². The summed E-state index contributed by atoms with van der Waals surface area (Å²) in [6.07, 6.45) is 0. The maximum atomic E-state index is 10.9. The lowest BCUT2D eigenvalue weighted by molar-refractivity contribution is -0.139.